The number of hydrogen-bond acceptors (Lipinski definition) is 3. The Hall–Kier alpha value is -2.17. The molecule has 3 rings (SSSR count). The Morgan fingerprint density at radius 3 is 2.48 bits per heavy atom. The second kappa shape index (κ2) is 5.68. The number of ether oxygens (including phenoxy) is 1. The van der Waals surface area contributed by atoms with E-state index in [1.165, 1.54) is 0 Å². The summed E-state index contributed by atoms with van der Waals surface area (Å²) in [5, 5.41) is 13.5. The molecule has 2 aromatic carbocycles. The summed E-state index contributed by atoms with van der Waals surface area (Å²) in [6, 6.07) is 16.6. The van der Waals surface area contributed by atoms with Gasteiger partial charge in [-0.15, -0.1) is 0 Å². The lowest BCUT2D eigenvalue weighted by Gasteiger charge is -2.36. The standard InChI is InChI=1S/C17H17NO3/c19-16(20)14-9-4-5-10-15(14)17(18-11-6-12-21-17)13-7-2-1-3-8-13/h1-5,7-10,18H,6,11-12H2,(H,19,20)/t17-/m1/s1. The molecule has 0 saturated carbocycles. The Bertz CT molecular complexity index is 633. The minimum atomic E-state index is -1.18. The lowest BCUT2D eigenvalue weighted by atomic mass is 9.89. The first-order valence-corrected chi connectivity index (χ1v) is 7.09. The van der Waals surface area contributed by atoms with E-state index in [0.29, 0.717) is 12.2 Å². The van der Waals surface area contributed by atoms with E-state index in [1.807, 2.05) is 36.4 Å². The van der Waals surface area contributed by atoms with Gasteiger partial charge in [0.25, 0.3) is 5.72 Å². The fraction of sp³-hybridized carbons (Fsp3) is 0.235. The lowest BCUT2D eigenvalue weighted by Crippen LogP contribution is -2.97. The third-order valence-corrected chi connectivity index (χ3v) is 3.86. The number of rotatable bonds is 3. The number of aromatic carboxylic acids is 1. The van der Waals surface area contributed by atoms with Gasteiger partial charge in [-0.05, 0) is 18.2 Å². The van der Waals surface area contributed by atoms with Gasteiger partial charge < -0.3 is 20.0 Å². The molecule has 0 radical (unpaired) electrons. The van der Waals surface area contributed by atoms with Gasteiger partial charge in [-0.25, -0.2) is 0 Å². The van der Waals surface area contributed by atoms with Crippen LogP contribution in [0.25, 0.3) is 0 Å². The van der Waals surface area contributed by atoms with Crippen molar-refractivity contribution in [3.63, 3.8) is 0 Å². The van der Waals surface area contributed by atoms with Crippen LogP contribution in [0.4, 0.5) is 0 Å². The van der Waals surface area contributed by atoms with Gasteiger partial charge in [0.15, 0.2) is 0 Å². The monoisotopic (exact) mass is 283 g/mol. The second-order valence-electron chi connectivity index (χ2n) is 5.13. The molecule has 1 aliphatic heterocycles. The smallest absolute Gasteiger partial charge is 0.254 e. The third-order valence-electron chi connectivity index (χ3n) is 3.86. The Morgan fingerprint density at radius 1 is 1.10 bits per heavy atom. The molecule has 0 amide bonds. The van der Waals surface area contributed by atoms with Crippen LogP contribution in [-0.2, 0) is 10.5 Å². The van der Waals surface area contributed by atoms with Crippen molar-refractivity contribution in [1.29, 1.82) is 0 Å². The predicted molar refractivity (Wildman–Crippen MR) is 75.4 cm³/mol. The van der Waals surface area contributed by atoms with E-state index >= 15 is 0 Å². The molecule has 0 aliphatic carbocycles. The van der Waals surface area contributed by atoms with Gasteiger partial charge in [0.2, 0.25) is 0 Å². The van der Waals surface area contributed by atoms with E-state index in [9.17, 15) is 9.90 Å². The highest BCUT2D eigenvalue weighted by Crippen LogP contribution is 2.31. The minimum Gasteiger partial charge on any atom is -0.545 e. The van der Waals surface area contributed by atoms with Gasteiger partial charge >= 0.3 is 0 Å². The number of nitrogens with two attached hydrogens (primary N) is 1. The van der Waals surface area contributed by atoms with Gasteiger partial charge in [-0.2, -0.15) is 0 Å². The summed E-state index contributed by atoms with van der Waals surface area (Å²) in [7, 11) is 0. The molecule has 0 spiro atoms. The molecular formula is C17H17NO3. The number of benzene rings is 2. The Balaban J connectivity index is 2.19. The van der Waals surface area contributed by atoms with Crippen molar-refractivity contribution in [2.45, 2.75) is 12.1 Å². The van der Waals surface area contributed by atoms with Crippen LogP contribution in [0.5, 0.6) is 0 Å². The van der Waals surface area contributed by atoms with Crippen LogP contribution in [0.2, 0.25) is 0 Å². The maximum Gasteiger partial charge on any atom is 0.254 e. The Kier molecular flexibility index (Phi) is 3.73. The quantitative estimate of drug-likeness (QED) is 0.877. The Morgan fingerprint density at radius 2 is 1.81 bits per heavy atom. The molecule has 1 saturated heterocycles. The van der Waals surface area contributed by atoms with Crippen LogP contribution in [0.1, 0.15) is 27.9 Å². The maximum absolute atomic E-state index is 11.5. The van der Waals surface area contributed by atoms with Crippen molar-refractivity contribution in [1.82, 2.24) is 0 Å². The van der Waals surface area contributed by atoms with Crippen LogP contribution in [0.15, 0.2) is 54.6 Å². The summed E-state index contributed by atoms with van der Waals surface area (Å²) < 4.78 is 6.08. The van der Waals surface area contributed by atoms with Crippen LogP contribution in [0, 0.1) is 0 Å². The van der Waals surface area contributed by atoms with Crippen molar-refractivity contribution in [3.8, 4) is 0 Å². The first kappa shape index (κ1) is 13.8. The number of carboxylic acid groups (broad SMARTS) is 1. The molecule has 2 N–H and O–H groups in total. The number of carbonyl (C=O) groups is 1. The van der Waals surface area contributed by atoms with Crippen LogP contribution >= 0.6 is 0 Å². The minimum absolute atomic E-state index is 0.180. The molecule has 0 aromatic heterocycles. The first-order chi connectivity index (χ1) is 10.2. The zero-order valence-electron chi connectivity index (χ0n) is 11.6. The molecule has 1 atom stereocenters. The summed E-state index contributed by atoms with van der Waals surface area (Å²) in [6.07, 6.45) is 0.946. The van der Waals surface area contributed by atoms with E-state index in [-0.39, 0.29) is 5.56 Å². The topological polar surface area (TPSA) is 66.0 Å². The highest BCUT2D eigenvalue weighted by molar-refractivity contribution is 5.88. The molecule has 4 heteroatoms. The highest BCUT2D eigenvalue weighted by Gasteiger charge is 2.43. The zero-order chi connectivity index (χ0) is 14.7. The third kappa shape index (κ3) is 2.44. The number of carboxylic acids is 1. The molecule has 21 heavy (non-hydrogen) atoms. The van der Waals surface area contributed by atoms with Crippen LogP contribution < -0.4 is 10.4 Å². The largest absolute Gasteiger partial charge is 0.545 e. The van der Waals surface area contributed by atoms with E-state index in [4.69, 9.17) is 4.74 Å². The highest BCUT2D eigenvalue weighted by atomic mass is 16.5. The molecule has 2 aromatic rings. The summed E-state index contributed by atoms with van der Waals surface area (Å²) in [4.78, 5) is 11.5. The summed E-state index contributed by atoms with van der Waals surface area (Å²) >= 11 is 0. The molecule has 1 heterocycles. The van der Waals surface area contributed by atoms with Gasteiger partial charge in [0.1, 0.15) is 0 Å². The Labute approximate surface area is 123 Å². The van der Waals surface area contributed by atoms with Crippen molar-refractivity contribution >= 4 is 5.97 Å². The first-order valence-electron chi connectivity index (χ1n) is 7.09. The molecular weight excluding hydrogens is 266 g/mol. The van der Waals surface area contributed by atoms with Crippen molar-refractivity contribution in [3.05, 3.63) is 71.3 Å². The molecule has 0 unspecified atom stereocenters. The summed E-state index contributed by atoms with van der Waals surface area (Å²) in [6.45, 7) is 1.49. The number of hydrogen-bond donors (Lipinski definition) is 1. The maximum atomic E-state index is 11.5. The predicted octanol–water partition coefficient (Wildman–Crippen LogP) is 0.235. The van der Waals surface area contributed by atoms with Crippen LogP contribution in [-0.4, -0.2) is 19.1 Å². The van der Waals surface area contributed by atoms with E-state index < -0.39 is 11.7 Å². The average molecular weight is 283 g/mol. The van der Waals surface area contributed by atoms with Crippen molar-refractivity contribution < 1.29 is 20.0 Å². The van der Waals surface area contributed by atoms with Gasteiger partial charge in [0, 0.05) is 17.5 Å². The molecule has 1 fully saturated rings. The summed E-state index contributed by atoms with van der Waals surface area (Å²) in [5.74, 6) is -1.18. The van der Waals surface area contributed by atoms with E-state index in [2.05, 4.69) is 5.32 Å². The fourth-order valence-corrected chi connectivity index (χ4v) is 2.90. The van der Waals surface area contributed by atoms with E-state index in [0.717, 1.165) is 18.5 Å². The number of quaternary nitrogens is 1. The fourth-order valence-electron chi connectivity index (χ4n) is 2.90. The van der Waals surface area contributed by atoms with Crippen molar-refractivity contribution in [2.24, 2.45) is 0 Å². The van der Waals surface area contributed by atoms with Gasteiger partial charge in [-0.1, -0.05) is 36.4 Å². The van der Waals surface area contributed by atoms with Crippen molar-refractivity contribution in [2.75, 3.05) is 13.2 Å². The summed E-state index contributed by atoms with van der Waals surface area (Å²) in [5.41, 5.74) is 0.949. The molecule has 108 valence electrons. The van der Waals surface area contributed by atoms with Crippen LogP contribution in [0.3, 0.4) is 0 Å². The zero-order valence-corrected chi connectivity index (χ0v) is 11.6. The SMILES string of the molecule is O=C([O-])c1ccccc1[C@]1(c2ccccc2)[NH2+]CCCO1. The molecule has 1 aliphatic rings. The normalized spacial score (nSPS) is 21.9. The molecule has 4 nitrogen and oxygen atoms in total. The molecule has 0 bridgehead atoms. The second-order valence-corrected chi connectivity index (χ2v) is 5.13. The van der Waals surface area contributed by atoms with Gasteiger partial charge in [0.05, 0.1) is 24.7 Å². The van der Waals surface area contributed by atoms with E-state index in [1.54, 1.807) is 18.2 Å². The lowest BCUT2D eigenvalue weighted by molar-refractivity contribution is -0.782. The van der Waals surface area contributed by atoms with Gasteiger partial charge in [-0.3, -0.25) is 0 Å². The average Bonchev–Trinajstić information content (AvgIpc) is 2.56. The number of carbonyl (C=O) groups excluding carboxylic acids is 1.